The molecule has 1 N–H and O–H groups in total. The maximum atomic E-state index is 11.1. The molecule has 0 aliphatic carbocycles. The number of hydrogen-bond acceptors (Lipinski definition) is 5. The van der Waals surface area contributed by atoms with E-state index in [0.717, 1.165) is 18.1 Å². The van der Waals surface area contributed by atoms with Gasteiger partial charge in [0.05, 0.1) is 24.4 Å². The molecular weight excluding hydrogens is 252 g/mol. The minimum Gasteiger partial charge on any atom is -0.477 e. The lowest BCUT2D eigenvalue weighted by atomic mass is 10.1. The van der Waals surface area contributed by atoms with Gasteiger partial charge in [0.2, 0.25) is 0 Å². The Labute approximate surface area is 110 Å². The second-order valence-electron chi connectivity index (χ2n) is 4.57. The monoisotopic (exact) mass is 270 g/mol. The lowest BCUT2D eigenvalue weighted by Crippen LogP contribution is -2.48. The molecule has 1 aromatic rings. The molecule has 1 fully saturated rings. The van der Waals surface area contributed by atoms with Crippen LogP contribution in [0.1, 0.15) is 35.6 Å². The molecule has 100 valence electrons. The van der Waals surface area contributed by atoms with Crippen LogP contribution in [-0.4, -0.2) is 41.4 Å². The van der Waals surface area contributed by atoms with Crippen LogP contribution in [-0.2, 0) is 4.74 Å². The van der Waals surface area contributed by atoms with Gasteiger partial charge < -0.3 is 14.7 Å². The number of aryl methyl sites for hydroxylation is 1. The molecule has 2 heterocycles. The van der Waals surface area contributed by atoms with Gasteiger partial charge >= 0.3 is 5.97 Å². The van der Waals surface area contributed by atoms with Crippen molar-refractivity contribution in [2.24, 2.45) is 0 Å². The minimum atomic E-state index is -0.898. The second kappa shape index (κ2) is 5.24. The molecule has 2 unspecified atom stereocenters. The predicted molar refractivity (Wildman–Crippen MR) is 70.6 cm³/mol. The van der Waals surface area contributed by atoms with Crippen molar-refractivity contribution in [2.45, 2.75) is 39.3 Å². The minimum absolute atomic E-state index is 0.158. The number of anilines is 1. The Hall–Kier alpha value is -1.14. The fraction of sp³-hybridized carbons (Fsp3) is 0.667. The highest BCUT2D eigenvalue weighted by Gasteiger charge is 2.29. The van der Waals surface area contributed by atoms with Crippen molar-refractivity contribution in [3.8, 4) is 0 Å². The molecule has 2 rings (SSSR count). The molecule has 0 bridgehead atoms. The summed E-state index contributed by atoms with van der Waals surface area (Å²) >= 11 is 1.25. The Bertz CT molecular complexity index is 447. The maximum absolute atomic E-state index is 11.1. The highest BCUT2D eigenvalue weighted by Crippen LogP contribution is 2.30. The predicted octanol–water partition coefficient (Wildman–Crippen LogP) is 2.15. The number of morpholine rings is 1. The third-order valence-corrected chi connectivity index (χ3v) is 4.35. The first-order valence-electron chi connectivity index (χ1n) is 6.11. The van der Waals surface area contributed by atoms with E-state index in [1.807, 2.05) is 6.92 Å². The van der Waals surface area contributed by atoms with Crippen LogP contribution in [0.15, 0.2) is 0 Å². The number of aromatic nitrogens is 1. The smallest absolute Gasteiger partial charge is 0.347 e. The summed E-state index contributed by atoms with van der Waals surface area (Å²) in [4.78, 5) is 18.0. The Balaban J connectivity index is 2.28. The van der Waals surface area contributed by atoms with Crippen molar-refractivity contribution in [3.05, 3.63) is 10.6 Å². The molecule has 1 aliphatic heterocycles. The number of hydrogen-bond donors (Lipinski definition) is 1. The van der Waals surface area contributed by atoms with Crippen molar-refractivity contribution >= 4 is 22.4 Å². The van der Waals surface area contributed by atoms with Crippen LogP contribution in [0, 0.1) is 6.92 Å². The van der Waals surface area contributed by atoms with Crippen molar-refractivity contribution < 1.29 is 14.6 Å². The van der Waals surface area contributed by atoms with E-state index in [1.54, 1.807) is 6.92 Å². The second-order valence-corrected chi connectivity index (χ2v) is 5.55. The summed E-state index contributed by atoms with van der Waals surface area (Å²) in [5.41, 5.74) is 0.594. The number of rotatable bonds is 3. The first-order chi connectivity index (χ1) is 8.52. The molecule has 1 saturated heterocycles. The van der Waals surface area contributed by atoms with Gasteiger partial charge in [0.15, 0.2) is 5.13 Å². The van der Waals surface area contributed by atoms with Gasteiger partial charge in [-0.1, -0.05) is 18.3 Å². The number of nitrogens with zero attached hydrogens (tertiary/aromatic N) is 2. The van der Waals surface area contributed by atoms with Gasteiger partial charge in [-0.25, -0.2) is 9.78 Å². The number of carbonyl (C=O) groups is 1. The lowest BCUT2D eigenvalue weighted by molar-refractivity contribution is 0.0299. The Kier molecular flexibility index (Phi) is 3.87. The number of aromatic carboxylic acids is 1. The fourth-order valence-corrected chi connectivity index (χ4v) is 3.11. The van der Waals surface area contributed by atoms with Crippen molar-refractivity contribution in [2.75, 3.05) is 18.1 Å². The third kappa shape index (κ3) is 2.49. The lowest BCUT2D eigenvalue weighted by Gasteiger charge is -2.38. The SMILES string of the molecule is CCC1COC(C)CN1c1nc(C)c(C(=O)O)s1. The van der Waals surface area contributed by atoms with Crippen LogP contribution in [0.5, 0.6) is 0 Å². The van der Waals surface area contributed by atoms with Gasteiger partial charge in [0.25, 0.3) is 0 Å². The zero-order valence-corrected chi connectivity index (χ0v) is 11.7. The Morgan fingerprint density at radius 2 is 2.39 bits per heavy atom. The highest BCUT2D eigenvalue weighted by atomic mass is 32.1. The summed E-state index contributed by atoms with van der Waals surface area (Å²) in [6.45, 7) is 7.32. The first-order valence-corrected chi connectivity index (χ1v) is 6.93. The largest absolute Gasteiger partial charge is 0.477 e. The summed E-state index contributed by atoms with van der Waals surface area (Å²) < 4.78 is 5.64. The first kappa shape index (κ1) is 13.3. The van der Waals surface area contributed by atoms with E-state index in [4.69, 9.17) is 9.84 Å². The van der Waals surface area contributed by atoms with Gasteiger partial charge in [-0.3, -0.25) is 0 Å². The molecule has 0 radical (unpaired) electrons. The zero-order chi connectivity index (χ0) is 13.3. The van der Waals surface area contributed by atoms with E-state index in [-0.39, 0.29) is 12.1 Å². The summed E-state index contributed by atoms with van der Waals surface area (Å²) in [7, 11) is 0. The molecular formula is C12H18N2O3S. The van der Waals surface area contributed by atoms with Crippen molar-refractivity contribution in [1.29, 1.82) is 0 Å². The molecule has 0 aromatic carbocycles. The molecule has 5 nitrogen and oxygen atoms in total. The number of thiazole rings is 1. The van der Waals surface area contributed by atoms with Crippen LogP contribution < -0.4 is 4.90 Å². The number of ether oxygens (including phenoxy) is 1. The van der Waals surface area contributed by atoms with Gasteiger partial charge in [0.1, 0.15) is 4.88 Å². The van der Waals surface area contributed by atoms with E-state index in [9.17, 15) is 4.79 Å². The summed E-state index contributed by atoms with van der Waals surface area (Å²) in [6.07, 6.45) is 1.12. The van der Waals surface area contributed by atoms with E-state index >= 15 is 0 Å². The normalized spacial score (nSPS) is 24.3. The topological polar surface area (TPSA) is 62.7 Å². The average Bonchev–Trinajstić information content (AvgIpc) is 2.71. The van der Waals surface area contributed by atoms with Crippen LogP contribution in [0.2, 0.25) is 0 Å². The van der Waals surface area contributed by atoms with Gasteiger partial charge in [-0.05, 0) is 20.3 Å². The summed E-state index contributed by atoms with van der Waals surface area (Å²) in [5, 5.41) is 9.88. The molecule has 0 saturated carbocycles. The van der Waals surface area contributed by atoms with E-state index in [2.05, 4.69) is 16.8 Å². The Morgan fingerprint density at radius 3 is 2.94 bits per heavy atom. The summed E-state index contributed by atoms with van der Waals surface area (Å²) in [5.74, 6) is -0.898. The molecule has 18 heavy (non-hydrogen) atoms. The Morgan fingerprint density at radius 1 is 1.67 bits per heavy atom. The van der Waals surface area contributed by atoms with Crippen LogP contribution in [0.4, 0.5) is 5.13 Å². The molecule has 1 aliphatic rings. The quantitative estimate of drug-likeness (QED) is 0.912. The van der Waals surface area contributed by atoms with Crippen LogP contribution in [0.3, 0.4) is 0 Å². The van der Waals surface area contributed by atoms with Gasteiger partial charge in [0, 0.05) is 6.54 Å². The van der Waals surface area contributed by atoms with Gasteiger partial charge in [-0.2, -0.15) is 0 Å². The fourth-order valence-electron chi connectivity index (χ4n) is 2.12. The van der Waals surface area contributed by atoms with E-state index in [1.165, 1.54) is 11.3 Å². The standard InChI is InChI=1S/C12H18N2O3S/c1-4-9-6-17-7(2)5-14(9)12-13-8(3)10(18-12)11(15)16/h7,9H,4-6H2,1-3H3,(H,15,16). The van der Waals surface area contributed by atoms with Gasteiger partial charge in [-0.15, -0.1) is 0 Å². The summed E-state index contributed by atoms with van der Waals surface area (Å²) in [6, 6.07) is 0.286. The van der Waals surface area contributed by atoms with Crippen molar-refractivity contribution in [1.82, 2.24) is 4.98 Å². The van der Waals surface area contributed by atoms with Crippen LogP contribution >= 0.6 is 11.3 Å². The zero-order valence-electron chi connectivity index (χ0n) is 10.8. The highest BCUT2D eigenvalue weighted by molar-refractivity contribution is 7.17. The van der Waals surface area contributed by atoms with E-state index in [0.29, 0.717) is 17.2 Å². The molecule has 6 heteroatoms. The van der Waals surface area contributed by atoms with Crippen molar-refractivity contribution in [3.63, 3.8) is 0 Å². The average molecular weight is 270 g/mol. The molecule has 0 spiro atoms. The molecule has 1 aromatic heterocycles. The molecule has 2 atom stereocenters. The third-order valence-electron chi connectivity index (χ3n) is 3.16. The van der Waals surface area contributed by atoms with Crippen LogP contribution in [0.25, 0.3) is 0 Å². The number of carboxylic acids is 1. The maximum Gasteiger partial charge on any atom is 0.347 e. The molecule has 0 amide bonds. The van der Waals surface area contributed by atoms with E-state index < -0.39 is 5.97 Å². The number of carboxylic acid groups (broad SMARTS) is 1.